The van der Waals surface area contributed by atoms with Crippen molar-refractivity contribution < 1.29 is 75.0 Å². The standard InChI is InChI=1S/C10H6F16O/c1-3(11,12)5(15,16)7(19,20)9(23,24)27-10(25,26)8(21,22)6(17,18)4(2,13)14/h1-2H3. The Morgan fingerprint density at radius 1 is 0.370 bits per heavy atom. The molecule has 0 aromatic rings. The Morgan fingerprint density at radius 2 is 0.556 bits per heavy atom. The van der Waals surface area contributed by atoms with E-state index >= 15 is 0 Å². The van der Waals surface area contributed by atoms with Gasteiger partial charge in [-0.25, -0.2) is 4.74 Å². The Bertz CT molecular complexity index is 490. The van der Waals surface area contributed by atoms with Gasteiger partial charge in [0.25, 0.3) is 0 Å². The fourth-order valence-corrected chi connectivity index (χ4v) is 1.21. The largest absolute Gasteiger partial charge is 0.430 e. The minimum Gasteiger partial charge on any atom is -0.245 e. The minimum atomic E-state index is -7.68. The molecule has 0 aliphatic rings. The molecule has 0 rings (SSSR count). The van der Waals surface area contributed by atoms with Crippen molar-refractivity contribution in [3.05, 3.63) is 0 Å². The lowest BCUT2D eigenvalue weighted by Crippen LogP contribution is -2.67. The molecule has 0 aromatic carbocycles. The molecule has 0 N–H and O–H groups in total. The summed E-state index contributed by atoms with van der Waals surface area (Å²) in [7, 11) is 0. The van der Waals surface area contributed by atoms with Crippen LogP contribution >= 0.6 is 0 Å². The van der Waals surface area contributed by atoms with E-state index in [1.54, 1.807) is 0 Å². The molecule has 0 fully saturated rings. The summed E-state index contributed by atoms with van der Waals surface area (Å²) in [5.74, 6) is -42.0. The first kappa shape index (κ1) is 25.8. The van der Waals surface area contributed by atoms with Gasteiger partial charge in [0.05, 0.1) is 0 Å². The van der Waals surface area contributed by atoms with Crippen molar-refractivity contribution in [1.82, 2.24) is 0 Å². The molecular weight excluding hydrogens is 440 g/mol. The zero-order chi connectivity index (χ0) is 22.7. The molecule has 0 amide bonds. The van der Waals surface area contributed by atoms with Crippen molar-refractivity contribution >= 4 is 0 Å². The molecule has 0 aromatic heterocycles. The van der Waals surface area contributed by atoms with Crippen LogP contribution in [0.4, 0.5) is 70.2 Å². The SMILES string of the molecule is CC(F)(F)C(F)(F)C(F)(F)C(F)(F)OC(F)(F)C(F)(F)C(F)(F)C(C)(F)F. The number of hydrogen-bond donors (Lipinski definition) is 0. The van der Waals surface area contributed by atoms with Crippen molar-refractivity contribution in [3.63, 3.8) is 0 Å². The van der Waals surface area contributed by atoms with Gasteiger partial charge in [-0.1, -0.05) is 0 Å². The summed E-state index contributed by atoms with van der Waals surface area (Å²) >= 11 is 0. The van der Waals surface area contributed by atoms with Crippen molar-refractivity contribution in [2.24, 2.45) is 0 Å². The summed E-state index contributed by atoms with van der Waals surface area (Å²) in [4.78, 5) is 0. The van der Waals surface area contributed by atoms with E-state index < -0.39 is 61.6 Å². The molecule has 0 atom stereocenters. The third kappa shape index (κ3) is 3.74. The van der Waals surface area contributed by atoms with Crippen molar-refractivity contribution in [2.75, 3.05) is 0 Å². The molecule has 0 saturated heterocycles. The van der Waals surface area contributed by atoms with Crippen LogP contribution in [0, 0.1) is 0 Å². The Hall–Kier alpha value is -1.16. The number of halogens is 16. The van der Waals surface area contributed by atoms with E-state index in [1.165, 1.54) is 4.74 Å². The van der Waals surface area contributed by atoms with E-state index in [9.17, 15) is 70.2 Å². The van der Waals surface area contributed by atoms with Crippen molar-refractivity contribution in [1.29, 1.82) is 0 Å². The predicted molar refractivity (Wildman–Crippen MR) is 52.0 cm³/mol. The fourth-order valence-electron chi connectivity index (χ4n) is 1.21. The van der Waals surface area contributed by atoms with Gasteiger partial charge in [-0.05, 0) is 0 Å². The highest BCUT2D eigenvalue weighted by molar-refractivity contribution is 5.02. The third-order valence-corrected chi connectivity index (χ3v) is 2.88. The van der Waals surface area contributed by atoms with Crippen LogP contribution in [0.15, 0.2) is 0 Å². The van der Waals surface area contributed by atoms with Gasteiger partial charge in [0, 0.05) is 13.8 Å². The molecule has 0 bridgehead atoms. The molecule has 0 spiro atoms. The zero-order valence-electron chi connectivity index (χ0n) is 12.5. The van der Waals surface area contributed by atoms with Gasteiger partial charge in [-0.15, -0.1) is 0 Å². The van der Waals surface area contributed by atoms with Crippen LogP contribution in [0.5, 0.6) is 0 Å². The van der Waals surface area contributed by atoms with Crippen LogP contribution in [-0.4, -0.2) is 47.8 Å². The lowest BCUT2D eigenvalue weighted by molar-refractivity contribution is -0.513. The predicted octanol–water partition coefficient (Wildman–Crippen LogP) is 6.04. The normalized spacial score (nSPS) is 16.7. The number of alkyl halides is 16. The molecule has 0 radical (unpaired) electrons. The Morgan fingerprint density at radius 3 is 0.704 bits per heavy atom. The number of ether oxygens (including phenoxy) is 1. The first-order chi connectivity index (χ1) is 11.2. The molecule has 0 aliphatic heterocycles. The van der Waals surface area contributed by atoms with Crippen molar-refractivity contribution in [3.8, 4) is 0 Å². The van der Waals surface area contributed by atoms with Crippen LogP contribution < -0.4 is 0 Å². The van der Waals surface area contributed by atoms with Gasteiger partial charge in [0.1, 0.15) is 0 Å². The molecule has 0 unspecified atom stereocenters. The second kappa shape index (κ2) is 6.17. The van der Waals surface area contributed by atoms with E-state index in [1.807, 2.05) is 0 Å². The van der Waals surface area contributed by atoms with Crippen LogP contribution in [0.3, 0.4) is 0 Å². The molecule has 164 valence electrons. The summed E-state index contributed by atoms with van der Waals surface area (Å²) in [6, 6.07) is 0. The molecule has 27 heavy (non-hydrogen) atoms. The topological polar surface area (TPSA) is 9.23 Å². The van der Waals surface area contributed by atoms with E-state index in [0.29, 0.717) is 0 Å². The Labute approximate surface area is 138 Å². The fraction of sp³-hybridized carbons (Fsp3) is 1.00. The number of rotatable bonds is 8. The minimum absolute atomic E-state index is 1.10. The van der Waals surface area contributed by atoms with Crippen LogP contribution in [-0.2, 0) is 4.74 Å². The molecule has 0 heterocycles. The van der Waals surface area contributed by atoms with Gasteiger partial charge in [0.15, 0.2) is 0 Å². The highest BCUT2D eigenvalue weighted by atomic mass is 19.4. The van der Waals surface area contributed by atoms with Crippen molar-refractivity contribution in [2.45, 2.75) is 61.6 Å². The Kier molecular flexibility index (Phi) is 5.90. The summed E-state index contributed by atoms with van der Waals surface area (Å²) in [5, 5.41) is 0. The molecular formula is C10H6F16O. The zero-order valence-corrected chi connectivity index (χ0v) is 12.5. The second-order valence-corrected chi connectivity index (χ2v) is 5.21. The van der Waals surface area contributed by atoms with Crippen LogP contribution in [0.1, 0.15) is 13.8 Å². The monoisotopic (exact) mass is 446 g/mol. The first-order valence-corrected chi connectivity index (χ1v) is 5.93. The average Bonchev–Trinajstić information content (AvgIpc) is 2.33. The smallest absolute Gasteiger partial charge is 0.245 e. The first-order valence-electron chi connectivity index (χ1n) is 5.93. The van der Waals surface area contributed by atoms with Gasteiger partial charge in [-0.3, -0.25) is 0 Å². The molecule has 0 saturated carbocycles. The van der Waals surface area contributed by atoms with E-state index in [4.69, 9.17) is 0 Å². The summed E-state index contributed by atoms with van der Waals surface area (Å²) in [5.41, 5.74) is 0. The second-order valence-electron chi connectivity index (χ2n) is 5.21. The maximum atomic E-state index is 12.9. The van der Waals surface area contributed by atoms with Crippen LogP contribution in [0.25, 0.3) is 0 Å². The van der Waals surface area contributed by atoms with Gasteiger partial charge >= 0.3 is 47.8 Å². The summed E-state index contributed by atoms with van der Waals surface area (Å²) in [6.45, 7) is -2.20. The van der Waals surface area contributed by atoms with Crippen LogP contribution in [0.2, 0.25) is 0 Å². The number of hydrogen-bond acceptors (Lipinski definition) is 1. The van der Waals surface area contributed by atoms with Gasteiger partial charge in [0.2, 0.25) is 0 Å². The quantitative estimate of drug-likeness (QED) is 0.414. The van der Waals surface area contributed by atoms with E-state index in [-0.39, 0.29) is 0 Å². The maximum Gasteiger partial charge on any atom is 0.430 e. The molecule has 0 aliphatic carbocycles. The van der Waals surface area contributed by atoms with Gasteiger partial charge in [-0.2, -0.15) is 70.2 Å². The maximum absolute atomic E-state index is 12.9. The third-order valence-electron chi connectivity index (χ3n) is 2.88. The average molecular weight is 446 g/mol. The summed E-state index contributed by atoms with van der Waals surface area (Å²) < 4.78 is 205. The lowest BCUT2D eigenvalue weighted by Gasteiger charge is -2.39. The highest BCUT2D eigenvalue weighted by Crippen LogP contribution is 2.58. The summed E-state index contributed by atoms with van der Waals surface area (Å²) in [6.07, 6.45) is -15.3. The van der Waals surface area contributed by atoms with E-state index in [2.05, 4.69) is 0 Å². The Balaban J connectivity index is 6.19. The van der Waals surface area contributed by atoms with E-state index in [0.717, 1.165) is 0 Å². The lowest BCUT2D eigenvalue weighted by atomic mass is 10.0. The molecule has 1 nitrogen and oxygen atoms in total. The highest BCUT2D eigenvalue weighted by Gasteiger charge is 2.86. The van der Waals surface area contributed by atoms with Gasteiger partial charge < -0.3 is 0 Å². The molecule has 17 heteroatoms.